The van der Waals surface area contributed by atoms with Crippen molar-refractivity contribution in [1.82, 2.24) is 10.6 Å². The van der Waals surface area contributed by atoms with Gasteiger partial charge in [-0.1, -0.05) is 60.7 Å². The van der Waals surface area contributed by atoms with Crippen molar-refractivity contribution in [2.45, 2.75) is 18.5 Å². The lowest BCUT2D eigenvalue weighted by molar-refractivity contribution is -0.127. The summed E-state index contributed by atoms with van der Waals surface area (Å²) in [7, 11) is 0. The molecule has 2 aromatic carbocycles. The Bertz CT molecular complexity index is 735. The minimum absolute atomic E-state index is 0.0798. The van der Waals surface area contributed by atoms with Crippen LogP contribution in [0.15, 0.2) is 60.7 Å². The normalized spacial score (nSPS) is 12.6. The van der Waals surface area contributed by atoms with Gasteiger partial charge in [0.15, 0.2) is 0 Å². The predicted molar refractivity (Wildman–Crippen MR) is 93.0 cm³/mol. The number of nitrogens with two attached hydrogens (primary N) is 2. The molecule has 0 heterocycles. The second-order valence-electron chi connectivity index (χ2n) is 5.49. The minimum Gasteiger partial charge on any atom is -0.368 e. The van der Waals surface area contributed by atoms with Gasteiger partial charge in [0.1, 0.15) is 6.04 Å². The molecular weight excluding hydrogens is 320 g/mol. The standard InChI is InChI=1S/C18H20N4O3/c19-17(24)16(13-9-5-2-6-10-13)22-15(23)11-14(21-18(20)25)12-7-3-1-4-8-12/h1-10,14,16H,11H2,(H2,19,24)(H,22,23)(H3,20,21,25)/t14-,16-/m0/s1. The first-order valence-corrected chi connectivity index (χ1v) is 7.72. The Labute approximate surface area is 145 Å². The summed E-state index contributed by atoms with van der Waals surface area (Å²) in [6.45, 7) is 0. The second-order valence-corrected chi connectivity index (χ2v) is 5.49. The number of carbonyl (C=O) groups excluding carboxylic acids is 3. The summed E-state index contributed by atoms with van der Waals surface area (Å²) in [5, 5.41) is 5.13. The lowest BCUT2D eigenvalue weighted by Gasteiger charge is -2.20. The van der Waals surface area contributed by atoms with E-state index in [9.17, 15) is 14.4 Å². The SMILES string of the molecule is NC(=O)N[C@@H](CC(=O)N[C@H](C(N)=O)c1ccccc1)c1ccccc1. The van der Waals surface area contributed by atoms with E-state index in [1.54, 1.807) is 54.6 Å². The molecule has 0 radical (unpaired) electrons. The highest BCUT2D eigenvalue weighted by atomic mass is 16.2. The molecule has 0 spiro atoms. The van der Waals surface area contributed by atoms with Crippen LogP contribution < -0.4 is 22.1 Å². The van der Waals surface area contributed by atoms with Crippen LogP contribution in [-0.4, -0.2) is 17.8 Å². The molecule has 4 amide bonds. The van der Waals surface area contributed by atoms with Crippen molar-refractivity contribution in [3.63, 3.8) is 0 Å². The quantitative estimate of drug-likeness (QED) is 0.603. The third-order valence-corrected chi connectivity index (χ3v) is 3.63. The molecule has 0 aromatic heterocycles. The fourth-order valence-corrected chi connectivity index (χ4v) is 2.48. The lowest BCUT2D eigenvalue weighted by Crippen LogP contribution is -2.40. The highest BCUT2D eigenvalue weighted by Gasteiger charge is 2.23. The third kappa shape index (κ3) is 5.35. The maximum atomic E-state index is 12.4. The Kier molecular flexibility index (Phi) is 6.11. The smallest absolute Gasteiger partial charge is 0.312 e. The van der Waals surface area contributed by atoms with Gasteiger partial charge < -0.3 is 22.1 Å². The lowest BCUT2D eigenvalue weighted by atomic mass is 10.0. The van der Waals surface area contributed by atoms with E-state index in [2.05, 4.69) is 10.6 Å². The van der Waals surface area contributed by atoms with Crippen LogP contribution in [0.25, 0.3) is 0 Å². The van der Waals surface area contributed by atoms with Crippen LogP contribution in [0.1, 0.15) is 29.6 Å². The number of primary amides is 2. The fourth-order valence-electron chi connectivity index (χ4n) is 2.48. The summed E-state index contributed by atoms with van der Waals surface area (Å²) in [5.74, 6) is -1.10. The van der Waals surface area contributed by atoms with E-state index >= 15 is 0 Å². The molecule has 0 bridgehead atoms. The number of amides is 4. The first kappa shape index (κ1) is 18.0. The van der Waals surface area contributed by atoms with Crippen molar-refractivity contribution >= 4 is 17.8 Å². The summed E-state index contributed by atoms with van der Waals surface area (Å²) in [5.41, 5.74) is 11.9. The second kappa shape index (κ2) is 8.49. The molecule has 0 aliphatic rings. The van der Waals surface area contributed by atoms with Crippen molar-refractivity contribution < 1.29 is 14.4 Å². The monoisotopic (exact) mass is 340 g/mol. The molecule has 0 unspecified atom stereocenters. The van der Waals surface area contributed by atoms with Gasteiger partial charge in [0.2, 0.25) is 11.8 Å². The van der Waals surface area contributed by atoms with Crippen LogP contribution in [0.5, 0.6) is 0 Å². The number of hydrogen-bond donors (Lipinski definition) is 4. The Morgan fingerprint density at radius 2 is 1.32 bits per heavy atom. The Balaban J connectivity index is 2.12. The van der Waals surface area contributed by atoms with E-state index in [0.717, 1.165) is 5.56 Å². The topological polar surface area (TPSA) is 127 Å². The largest absolute Gasteiger partial charge is 0.368 e. The number of carbonyl (C=O) groups is 3. The maximum absolute atomic E-state index is 12.4. The molecule has 6 N–H and O–H groups in total. The number of rotatable bonds is 7. The summed E-state index contributed by atoms with van der Waals surface area (Å²) in [6, 6.07) is 15.4. The van der Waals surface area contributed by atoms with Crippen LogP contribution in [0.2, 0.25) is 0 Å². The molecular formula is C18H20N4O3. The highest BCUT2D eigenvalue weighted by Crippen LogP contribution is 2.18. The molecule has 2 atom stereocenters. The average Bonchev–Trinajstić information content (AvgIpc) is 2.60. The zero-order valence-corrected chi connectivity index (χ0v) is 13.5. The van der Waals surface area contributed by atoms with Gasteiger partial charge in [-0.15, -0.1) is 0 Å². The summed E-state index contributed by atoms with van der Waals surface area (Å²) in [6.07, 6.45) is -0.0798. The summed E-state index contributed by atoms with van der Waals surface area (Å²) < 4.78 is 0. The van der Waals surface area contributed by atoms with Crippen molar-refractivity contribution in [2.24, 2.45) is 11.5 Å². The van der Waals surface area contributed by atoms with Gasteiger partial charge in [0, 0.05) is 0 Å². The molecule has 0 aliphatic carbocycles. The number of nitrogens with one attached hydrogen (secondary N) is 2. The van der Waals surface area contributed by atoms with Crippen molar-refractivity contribution in [2.75, 3.05) is 0 Å². The molecule has 2 aromatic rings. The van der Waals surface area contributed by atoms with Gasteiger partial charge in [0.25, 0.3) is 0 Å². The van der Waals surface area contributed by atoms with Crippen molar-refractivity contribution in [3.8, 4) is 0 Å². The van der Waals surface area contributed by atoms with Crippen LogP contribution in [0.4, 0.5) is 4.79 Å². The van der Waals surface area contributed by atoms with E-state index in [-0.39, 0.29) is 6.42 Å². The van der Waals surface area contributed by atoms with Gasteiger partial charge in [-0.2, -0.15) is 0 Å². The van der Waals surface area contributed by atoms with E-state index in [0.29, 0.717) is 5.56 Å². The molecule has 25 heavy (non-hydrogen) atoms. The van der Waals surface area contributed by atoms with Crippen molar-refractivity contribution in [3.05, 3.63) is 71.8 Å². The van der Waals surface area contributed by atoms with Crippen LogP contribution >= 0.6 is 0 Å². The summed E-state index contributed by atoms with van der Waals surface area (Å²) in [4.78, 5) is 35.3. The van der Waals surface area contributed by atoms with Crippen LogP contribution in [0, 0.1) is 0 Å². The van der Waals surface area contributed by atoms with E-state index < -0.39 is 29.9 Å². The third-order valence-electron chi connectivity index (χ3n) is 3.63. The predicted octanol–water partition coefficient (Wildman–Crippen LogP) is 1.13. The van der Waals surface area contributed by atoms with Gasteiger partial charge in [-0.05, 0) is 11.1 Å². The molecule has 0 saturated carbocycles. The Morgan fingerprint density at radius 1 is 0.800 bits per heavy atom. The molecule has 0 saturated heterocycles. The highest BCUT2D eigenvalue weighted by molar-refractivity contribution is 5.88. The minimum atomic E-state index is -0.946. The Morgan fingerprint density at radius 3 is 1.80 bits per heavy atom. The van der Waals surface area contributed by atoms with E-state index in [1.165, 1.54) is 0 Å². The number of urea groups is 1. The average molecular weight is 340 g/mol. The van der Waals surface area contributed by atoms with E-state index in [1.807, 2.05) is 6.07 Å². The molecule has 7 nitrogen and oxygen atoms in total. The van der Waals surface area contributed by atoms with Crippen LogP contribution in [0.3, 0.4) is 0 Å². The molecule has 130 valence electrons. The van der Waals surface area contributed by atoms with Gasteiger partial charge in [-0.25, -0.2) is 4.79 Å². The van der Waals surface area contributed by atoms with E-state index in [4.69, 9.17) is 11.5 Å². The molecule has 0 fully saturated rings. The van der Waals surface area contributed by atoms with Crippen LogP contribution in [-0.2, 0) is 9.59 Å². The van der Waals surface area contributed by atoms with Gasteiger partial charge >= 0.3 is 6.03 Å². The molecule has 2 rings (SSSR count). The number of hydrogen-bond acceptors (Lipinski definition) is 3. The first-order valence-electron chi connectivity index (χ1n) is 7.72. The maximum Gasteiger partial charge on any atom is 0.312 e. The molecule has 7 heteroatoms. The molecule has 0 aliphatic heterocycles. The zero-order chi connectivity index (χ0) is 18.2. The van der Waals surface area contributed by atoms with Gasteiger partial charge in [-0.3, -0.25) is 9.59 Å². The number of benzene rings is 2. The Hall–Kier alpha value is -3.35. The van der Waals surface area contributed by atoms with Gasteiger partial charge in [0.05, 0.1) is 12.5 Å². The summed E-state index contributed by atoms with van der Waals surface area (Å²) >= 11 is 0. The fraction of sp³-hybridized carbons (Fsp3) is 0.167. The zero-order valence-electron chi connectivity index (χ0n) is 13.5. The first-order chi connectivity index (χ1) is 12.0. The van der Waals surface area contributed by atoms with Crippen molar-refractivity contribution in [1.29, 1.82) is 0 Å².